The molecule has 0 atom stereocenters. The van der Waals surface area contributed by atoms with Crippen molar-refractivity contribution in [1.29, 1.82) is 0 Å². The number of allylic oxidation sites excluding steroid dienone is 5. The van der Waals surface area contributed by atoms with Crippen LogP contribution in [0.15, 0.2) is 118 Å². The van der Waals surface area contributed by atoms with Gasteiger partial charge in [-0.25, -0.2) is 0 Å². The predicted octanol–water partition coefficient (Wildman–Crippen LogP) is 7.90. The molecule has 3 aromatic rings. The Morgan fingerprint density at radius 2 is 1.47 bits per heavy atom. The fourth-order valence-electron chi connectivity index (χ4n) is 6.51. The minimum Gasteiger partial charge on any atom is -0.506 e. The van der Waals surface area contributed by atoms with Crippen molar-refractivity contribution in [3.05, 3.63) is 135 Å². The van der Waals surface area contributed by atoms with Gasteiger partial charge in [-0.05, 0) is 92.8 Å². The Balaban J connectivity index is 1.42. The van der Waals surface area contributed by atoms with Gasteiger partial charge in [0.2, 0.25) is 5.78 Å². The fourth-order valence-corrected chi connectivity index (χ4v) is 6.51. The van der Waals surface area contributed by atoms with Crippen LogP contribution in [0, 0.1) is 6.92 Å². The number of nitrogens with zero attached hydrogens (tertiary/aromatic N) is 2. The number of rotatable bonds is 10. The summed E-state index contributed by atoms with van der Waals surface area (Å²) in [5.41, 5.74) is 6.37. The molecule has 0 saturated carbocycles. The summed E-state index contributed by atoms with van der Waals surface area (Å²) in [6.07, 6.45) is 8.86. The highest BCUT2D eigenvalue weighted by Gasteiger charge is 2.40. The average Bonchev–Trinajstić information content (AvgIpc) is 3.65. The van der Waals surface area contributed by atoms with E-state index in [1.54, 1.807) is 60.7 Å². The maximum atomic E-state index is 14.2. The van der Waals surface area contributed by atoms with Gasteiger partial charge in [0.05, 0.1) is 28.2 Å². The van der Waals surface area contributed by atoms with E-state index in [0.29, 0.717) is 40.2 Å². The van der Waals surface area contributed by atoms with Crippen molar-refractivity contribution >= 4 is 40.3 Å². The van der Waals surface area contributed by atoms with E-state index >= 15 is 0 Å². The van der Waals surface area contributed by atoms with Gasteiger partial charge in [-0.2, -0.15) is 0 Å². The molecule has 2 aliphatic carbocycles. The molecule has 0 aromatic heterocycles. The van der Waals surface area contributed by atoms with Gasteiger partial charge in [-0.3, -0.25) is 19.4 Å². The quantitative estimate of drug-likeness (QED) is 0.152. The lowest BCUT2D eigenvalue weighted by Crippen LogP contribution is -2.30. The molecular formula is C41H42N4O4. The number of amides is 2. The van der Waals surface area contributed by atoms with Crippen LogP contribution in [0.1, 0.15) is 77.8 Å². The van der Waals surface area contributed by atoms with Crippen LogP contribution in [-0.4, -0.2) is 48.1 Å². The first kappa shape index (κ1) is 33.4. The monoisotopic (exact) mass is 654 g/mol. The van der Waals surface area contributed by atoms with E-state index in [2.05, 4.69) is 22.5 Å². The van der Waals surface area contributed by atoms with Crippen LogP contribution in [0.5, 0.6) is 0 Å². The Kier molecular flexibility index (Phi) is 10.0. The molecule has 1 aliphatic heterocycles. The molecule has 0 bridgehead atoms. The number of nitrogens with one attached hydrogen (secondary N) is 2. The second-order valence-electron chi connectivity index (χ2n) is 12.7. The molecule has 3 aliphatic rings. The predicted molar refractivity (Wildman–Crippen MR) is 196 cm³/mol. The van der Waals surface area contributed by atoms with E-state index in [0.717, 1.165) is 67.7 Å². The van der Waals surface area contributed by atoms with Crippen molar-refractivity contribution < 1.29 is 19.5 Å². The van der Waals surface area contributed by atoms with Gasteiger partial charge in [0, 0.05) is 47.6 Å². The molecule has 8 nitrogen and oxygen atoms in total. The lowest BCUT2D eigenvalue weighted by Gasteiger charge is -2.29. The van der Waals surface area contributed by atoms with Gasteiger partial charge < -0.3 is 20.6 Å². The number of aryl methyl sites for hydroxylation is 1. The van der Waals surface area contributed by atoms with Crippen molar-refractivity contribution in [2.45, 2.75) is 52.9 Å². The van der Waals surface area contributed by atoms with Crippen molar-refractivity contribution in [3.63, 3.8) is 0 Å². The Morgan fingerprint density at radius 1 is 0.837 bits per heavy atom. The van der Waals surface area contributed by atoms with Crippen LogP contribution in [0.25, 0.3) is 5.57 Å². The molecule has 1 heterocycles. The fraction of sp³-hybridized carbons (Fsp3) is 0.268. The third-order valence-corrected chi connectivity index (χ3v) is 9.20. The number of carbonyl (C=O) groups is 3. The molecule has 0 radical (unpaired) electrons. The molecule has 0 spiro atoms. The second-order valence-corrected chi connectivity index (χ2v) is 12.7. The van der Waals surface area contributed by atoms with Gasteiger partial charge in [0.25, 0.3) is 11.8 Å². The molecule has 6 rings (SSSR count). The summed E-state index contributed by atoms with van der Waals surface area (Å²) in [5, 5.41) is 17.7. The van der Waals surface area contributed by atoms with E-state index in [-0.39, 0.29) is 34.5 Å². The zero-order valence-electron chi connectivity index (χ0n) is 28.3. The Morgan fingerprint density at radius 3 is 2.08 bits per heavy atom. The topological polar surface area (TPSA) is 111 Å². The summed E-state index contributed by atoms with van der Waals surface area (Å²) in [4.78, 5) is 47.9. The first-order valence-corrected chi connectivity index (χ1v) is 17.1. The standard InChI is InChI=1S/C41H42N4O4/c1-4-5-12-19-42-32-24-33(43-40(48)28-15-8-6-9-16-28)30(22-26(32)2)36-38(46)37(39(36)47)31-23-27(3)35(45-20-13-14-21-45)25-34(31)44-41(49)29-17-10-7-11-18-29/h6-11,15-18,22-25,46H,4-5,12-14,19-21H2,1-3H3,(H,43,48)(H,44,49)/b36-30-,42-32+. The second kappa shape index (κ2) is 14.7. The maximum absolute atomic E-state index is 14.2. The smallest absolute Gasteiger partial charge is 0.255 e. The number of hydrogen-bond donors (Lipinski definition) is 3. The zero-order valence-corrected chi connectivity index (χ0v) is 28.3. The zero-order chi connectivity index (χ0) is 34.5. The number of aliphatic hydroxyl groups excluding tert-OH is 1. The highest BCUT2D eigenvalue weighted by atomic mass is 16.3. The Bertz CT molecular complexity index is 1950. The van der Waals surface area contributed by atoms with Crippen molar-refractivity contribution in [2.75, 3.05) is 29.9 Å². The van der Waals surface area contributed by atoms with Crippen molar-refractivity contribution in [1.82, 2.24) is 5.32 Å². The summed E-state index contributed by atoms with van der Waals surface area (Å²) < 4.78 is 0. The number of Topliss-reactive ketones (excluding diaryl/α,β-unsaturated/α-hetero) is 1. The number of unbranched alkanes of at least 4 members (excludes halogenated alkanes) is 2. The molecule has 8 heteroatoms. The number of aliphatic imine (C=N–C) groups is 1. The Hall–Kier alpha value is -5.50. The normalized spacial score (nSPS) is 18.3. The molecule has 1 saturated heterocycles. The highest BCUT2D eigenvalue weighted by Crippen LogP contribution is 2.44. The molecule has 49 heavy (non-hydrogen) atoms. The first-order chi connectivity index (χ1) is 23.8. The van der Waals surface area contributed by atoms with Gasteiger partial charge in [0.15, 0.2) is 0 Å². The summed E-state index contributed by atoms with van der Waals surface area (Å²) in [6, 6.07) is 21.5. The summed E-state index contributed by atoms with van der Waals surface area (Å²) >= 11 is 0. The first-order valence-electron chi connectivity index (χ1n) is 17.1. The van der Waals surface area contributed by atoms with Gasteiger partial charge in [-0.15, -0.1) is 0 Å². The molecule has 1 fully saturated rings. The summed E-state index contributed by atoms with van der Waals surface area (Å²) in [5.74, 6) is -1.20. The minimum atomic E-state index is -0.372. The number of hydrogen-bond acceptors (Lipinski definition) is 6. The van der Waals surface area contributed by atoms with E-state index in [4.69, 9.17) is 4.99 Å². The van der Waals surface area contributed by atoms with Crippen LogP contribution >= 0.6 is 0 Å². The largest absolute Gasteiger partial charge is 0.506 e. The number of ketones is 1. The van der Waals surface area contributed by atoms with Gasteiger partial charge in [0.1, 0.15) is 5.76 Å². The number of carbonyl (C=O) groups excluding carboxylic acids is 3. The molecule has 3 aromatic carbocycles. The van der Waals surface area contributed by atoms with Crippen molar-refractivity contribution in [2.24, 2.45) is 4.99 Å². The number of aliphatic hydroxyl groups is 1. The molecule has 0 unspecified atom stereocenters. The Labute approximate surface area is 287 Å². The van der Waals surface area contributed by atoms with E-state index in [9.17, 15) is 19.5 Å². The van der Waals surface area contributed by atoms with E-state index < -0.39 is 0 Å². The number of benzene rings is 3. The van der Waals surface area contributed by atoms with Gasteiger partial charge in [-0.1, -0.05) is 56.2 Å². The maximum Gasteiger partial charge on any atom is 0.255 e. The van der Waals surface area contributed by atoms with E-state index in [1.807, 2.05) is 38.1 Å². The van der Waals surface area contributed by atoms with Crippen LogP contribution in [0.3, 0.4) is 0 Å². The van der Waals surface area contributed by atoms with Crippen LogP contribution in [0.4, 0.5) is 11.4 Å². The highest BCUT2D eigenvalue weighted by molar-refractivity contribution is 6.40. The van der Waals surface area contributed by atoms with Crippen LogP contribution in [-0.2, 0) is 4.79 Å². The lowest BCUT2D eigenvalue weighted by atomic mass is 9.77. The molecular weight excluding hydrogens is 612 g/mol. The minimum absolute atomic E-state index is 0.112. The third-order valence-electron chi connectivity index (χ3n) is 9.20. The average molecular weight is 655 g/mol. The lowest BCUT2D eigenvalue weighted by molar-refractivity contribution is -0.111. The van der Waals surface area contributed by atoms with E-state index in [1.165, 1.54) is 0 Å². The number of anilines is 2. The van der Waals surface area contributed by atoms with Gasteiger partial charge >= 0.3 is 0 Å². The van der Waals surface area contributed by atoms with Crippen LogP contribution in [0.2, 0.25) is 0 Å². The summed E-state index contributed by atoms with van der Waals surface area (Å²) in [6.45, 7) is 8.50. The molecule has 250 valence electrons. The SMILES string of the molecule is CCCCC/N=C1C=C(NC(=O)c2ccccc2)/C(=C2\C(=O)C(c3cc(C)c(N4CCCC4)cc3NC(=O)c3ccccc3)=C2O)C=C\1C. The van der Waals surface area contributed by atoms with Crippen molar-refractivity contribution in [3.8, 4) is 0 Å². The molecule has 2 amide bonds. The third kappa shape index (κ3) is 7.04. The summed E-state index contributed by atoms with van der Waals surface area (Å²) in [7, 11) is 0. The molecule has 3 N–H and O–H groups in total. The van der Waals surface area contributed by atoms with Crippen LogP contribution < -0.4 is 15.5 Å².